The molecule has 16 nitrogen and oxygen atoms in total. The highest BCUT2D eigenvalue weighted by Gasteiger charge is 2.35. The van der Waals surface area contributed by atoms with E-state index in [1.54, 1.807) is 0 Å². The van der Waals surface area contributed by atoms with E-state index in [4.69, 9.17) is 0 Å². The predicted octanol–water partition coefficient (Wildman–Crippen LogP) is 1.43. The molecule has 1 unspecified atom stereocenters. The van der Waals surface area contributed by atoms with Crippen molar-refractivity contribution in [1.82, 2.24) is 0 Å². The van der Waals surface area contributed by atoms with Crippen LogP contribution in [-0.2, 0) is 45.9 Å². The van der Waals surface area contributed by atoms with Gasteiger partial charge in [0.1, 0.15) is 15.5 Å². The minimum absolute atomic E-state index is 0.00986. The first kappa shape index (κ1) is 29.3. The Labute approximate surface area is 227 Å². The molecule has 3 aromatic carbocycles. The molecule has 1 atom stereocenters. The first-order valence-corrected chi connectivity index (χ1v) is 16.0. The minimum atomic E-state index is -5.15. The molecule has 0 bridgehead atoms. The zero-order chi connectivity index (χ0) is 29.8. The van der Waals surface area contributed by atoms with Crippen molar-refractivity contribution >= 4 is 74.8 Å². The van der Waals surface area contributed by atoms with Crippen molar-refractivity contribution in [2.24, 2.45) is 15.3 Å². The summed E-state index contributed by atoms with van der Waals surface area (Å²) in [5.74, 6) is -0.772. The molecule has 0 saturated heterocycles. The van der Waals surface area contributed by atoms with E-state index in [2.05, 4.69) is 15.3 Å². The number of benzene rings is 3. The molecule has 20 heteroatoms. The van der Waals surface area contributed by atoms with Gasteiger partial charge >= 0.3 is 0 Å². The van der Waals surface area contributed by atoms with E-state index in [0.29, 0.717) is 18.2 Å². The Kier molecular flexibility index (Phi) is 7.38. The lowest BCUT2D eigenvalue weighted by Gasteiger charge is -2.12. The summed E-state index contributed by atoms with van der Waals surface area (Å²) in [6, 6.07) is 6.19. The Morgan fingerprint density at radius 1 is 0.850 bits per heavy atom. The highest BCUT2D eigenvalue weighted by molar-refractivity contribution is 7.87. The van der Waals surface area contributed by atoms with Crippen molar-refractivity contribution in [3.8, 4) is 0 Å². The average molecular weight is 633 g/mol. The summed E-state index contributed by atoms with van der Waals surface area (Å²) in [5.41, 5.74) is -0.431. The van der Waals surface area contributed by atoms with Crippen LogP contribution in [0.4, 0.5) is 11.4 Å². The highest BCUT2D eigenvalue weighted by atomic mass is 32.2. The normalized spacial score (nSPS) is 16.8. The third-order valence-corrected chi connectivity index (χ3v) is 8.83. The quantitative estimate of drug-likeness (QED) is 0.164. The number of amides is 1. The van der Waals surface area contributed by atoms with Crippen molar-refractivity contribution in [3.05, 3.63) is 48.5 Å². The van der Waals surface area contributed by atoms with Crippen LogP contribution in [0, 0.1) is 0 Å². The van der Waals surface area contributed by atoms with Crippen molar-refractivity contribution in [2.75, 3.05) is 5.01 Å². The lowest BCUT2D eigenvalue weighted by molar-refractivity contribution is -0.117. The fourth-order valence-electron chi connectivity index (χ4n) is 3.68. The van der Waals surface area contributed by atoms with Gasteiger partial charge in [-0.05, 0) is 60.8 Å². The number of fused-ring (bicyclic) bond motifs is 1. The van der Waals surface area contributed by atoms with Gasteiger partial charge in [-0.25, -0.2) is 8.42 Å². The summed E-state index contributed by atoms with van der Waals surface area (Å²) in [4.78, 5) is 9.92. The van der Waals surface area contributed by atoms with Crippen LogP contribution in [0.3, 0.4) is 0 Å². The van der Waals surface area contributed by atoms with Crippen LogP contribution in [0.25, 0.3) is 10.8 Å². The SMILES string of the molecule is CC1=NN(c2ccc([SH](=O)=O)cc2)C(=O)C1/N=N\c1cc2c(S(=O)(=O)O)cc(S(=O)(=O)O)cc2cc1S(=O)(=O)O. The fourth-order valence-corrected chi connectivity index (χ4v) is 6.06. The number of nitrogens with zero attached hydrogens (tertiary/aromatic N) is 4. The van der Waals surface area contributed by atoms with Crippen LogP contribution in [0.2, 0.25) is 0 Å². The van der Waals surface area contributed by atoms with Gasteiger partial charge in [-0.15, -0.1) is 0 Å². The van der Waals surface area contributed by atoms with Crippen molar-refractivity contribution in [1.29, 1.82) is 0 Å². The van der Waals surface area contributed by atoms with E-state index in [-0.39, 0.29) is 16.3 Å². The topological polar surface area (TPSA) is 255 Å². The first-order chi connectivity index (χ1) is 18.4. The van der Waals surface area contributed by atoms with E-state index in [1.165, 1.54) is 31.2 Å². The van der Waals surface area contributed by atoms with Crippen molar-refractivity contribution in [3.63, 3.8) is 0 Å². The molecule has 3 aromatic rings. The number of anilines is 1. The molecule has 1 aliphatic heterocycles. The standard InChI is InChI=1S/C20H16N4O12S4/c1-10-19(20(25)24(23-10)12-2-4-13(5-3-12)37(26)27)22-21-16-9-15-11(7-18(16)40(34,35)36)6-14(38(28,29)30)8-17(15)39(31,32)33/h2-9,19,37H,1H3,(H,28,29,30)(H,31,32,33)(H,34,35,36)/b22-21-. The lowest BCUT2D eigenvalue weighted by atomic mass is 10.1. The van der Waals surface area contributed by atoms with E-state index >= 15 is 0 Å². The number of rotatable bonds is 7. The molecule has 0 aliphatic carbocycles. The van der Waals surface area contributed by atoms with Gasteiger partial charge in [-0.1, -0.05) is 0 Å². The first-order valence-electron chi connectivity index (χ1n) is 10.5. The fraction of sp³-hybridized carbons (Fsp3) is 0.100. The van der Waals surface area contributed by atoms with E-state index in [9.17, 15) is 52.1 Å². The molecule has 4 rings (SSSR count). The van der Waals surface area contributed by atoms with Crippen LogP contribution in [-0.4, -0.2) is 65.0 Å². The third kappa shape index (κ3) is 5.77. The molecule has 212 valence electrons. The summed E-state index contributed by atoms with van der Waals surface area (Å²) in [5, 5.41) is 11.5. The number of carbonyl (C=O) groups excluding carboxylic acids is 1. The second kappa shape index (κ2) is 10.1. The zero-order valence-electron chi connectivity index (χ0n) is 19.7. The molecule has 0 fully saturated rings. The van der Waals surface area contributed by atoms with Crippen molar-refractivity contribution < 1.29 is 52.1 Å². The summed E-state index contributed by atoms with van der Waals surface area (Å²) in [6.45, 7) is 1.39. The Morgan fingerprint density at radius 3 is 1.98 bits per heavy atom. The third-order valence-electron chi connectivity index (χ3n) is 5.50. The van der Waals surface area contributed by atoms with Crippen LogP contribution in [0.15, 0.2) is 83.4 Å². The maximum Gasteiger partial charge on any atom is 0.296 e. The Morgan fingerprint density at radius 2 is 1.45 bits per heavy atom. The van der Waals surface area contributed by atoms with Crippen LogP contribution in [0.5, 0.6) is 0 Å². The number of carbonyl (C=O) groups is 1. The minimum Gasteiger partial charge on any atom is -0.282 e. The molecule has 0 spiro atoms. The van der Waals surface area contributed by atoms with Gasteiger partial charge in [0.05, 0.1) is 21.2 Å². The lowest BCUT2D eigenvalue weighted by Crippen LogP contribution is -2.29. The second-order valence-corrected chi connectivity index (χ2v) is 13.4. The van der Waals surface area contributed by atoms with Gasteiger partial charge in [0.2, 0.25) is 0 Å². The predicted molar refractivity (Wildman–Crippen MR) is 137 cm³/mol. The van der Waals surface area contributed by atoms with Crippen molar-refractivity contribution in [2.45, 2.75) is 32.5 Å². The molecule has 1 heterocycles. The molecular formula is C20H16N4O12S4. The molecule has 0 aromatic heterocycles. The average Bonchev–Trinajstić information content (AvgIpc) is 3.12. The molecule has 1 aliphatic rings. The maximum atomic E-state index is 12.9. The second-order valence-electron chi connectivity index (χ2n) is 8.17. The number of hydrazone groups is 1. The Bertz CT molecular complexity index is 2040. The maximum absolute atomic E-state index is 12.9. The largest absolute Gasteiger partial charge is 0.296 e. The van der Waals surface area contributed by atoms with Gasteiger partial charge in [0, 0.05) is 5.39 Å². The number of hydrogen-bond donors (Lipinski definition) is 4. The zero-order valence-corrected chi connectivity index (χ0v) is 23.0. The van der Waals surface area contributed by atoms with Gasteiger partial charge in [-0.2, -0.15) is 45.6 Å². The van der Waals surface area contributed by atoms with E-state index in [0.717, 1.165) is 11.1 Å². The molecular weight excluding hydrogens is 617 g/mol. The number of hydrogen-bond acceptors (Lipinski definition) is 12. The smallest absolute Gasteiger partial charge is 0.282 e. The molecule has 3 N–H and O–H groups in total. The molecule has 40 heavy (non-hydrogen) atoms. The van der Waals surface area contributed by atoms with E-state index in [1.807, 2.05) is 0 Å². The number of azo groups is 1. The van der Waals surface area contributed by atoms with Gasteiger partial charge in [0.15, 0.2) is 16.7 Å². The van der Waals surface area contributed by atoms with Gasteiger partial charge < -0.3 is 0 Å². The van der Waals surface area contributed by atoms with Gasteiger partial charge in [0.25, 0.3) is 36.3 Å². The highest BCUT2D eigenvalue weighted by Crippen LogP contribution is 2.36. The summed E-state index contributed by atoms with van der Waals surface area (Å²) >= 11 is 0. The van der Waals surface area contributed by atoms with Crippen LogP contribution >= 0.6 is 0 Å². The summed E-state index contributed by atoms with van der Waals surface area (Å²) in [6.07, 6.45) is 0. The molecule has 0 radical (unpaired) electrons. The Balaban J connectivity index is 1.83. The monoisotopic (exact) mass is 632 g/mol. The van der Waals surface area contributed by atoms with Crippen LogP contribution in [0.1, 0.15) is 6.92 Å². The summed E-state index contributed by atoms with van der Waals surface area (Å²) in [7, 11) is -18.1. The number of thiol groups is 1. The van der Waals surface area contributed by atoms with Crippen LogP contribution < -0.4 is 5.01 Å². The molecule has 0 saturated carbocycles. The molecule has 1 amide bonds. The Hall–Kier alpha value is -3.66. The van der Waals surface area contributed by atoms with Gasteiger partial charge in [-0.3, -0.25) is 18.5 Å². The summed E-state index contributed by atoms with van der Waals surface area (Å²) < 4.78 is 122. The van der Waals surface area contributed by atoms with E-state index < -0.39 is 84.2 Å².